The van der Waals surface area contributed by atoms with E-state index in [1.165, 1.54) is 11.3 Å². The number of aromatic nitrogens is 3. The molecular weight excluding hydrogens is 308 g/mol. The number of thiophene rings is 1. The third kappa shape index (κ3) is 3.07. The summed E-state index contributed by atoms with van der Waals surface area (Å²) in [5, 5.41) is 7.99. The molecule has 1 aliphatic rings. The highest BCUT2D eigenvalue weighted by molar-refractivity contribution is 7.16. The smallest absolute Gasteiger partial charge is 0.316 e. The molecule has 2 aromatic heterocycles. The number of hydrogen-bond donors (Lipinski definition) is 1. The van der Waals surface area contributed by atoms with Crippen LogP contribution < -0.4 is 11.0 Å². The second-order valence-corrected chi connectivity index (χ2v) is 7.09. The minimum atomic E-state index is -0.0254. The Bertz CT molecular complexity index is 669. The van der Waals surface area contributed by atoms with Crippen molar-refractivity contribution in [3.63, 3.8) is 0 Å². The van der Waals surface area contributed by atoms with E-state index in [-0.39, 0.29) is 5.69 Å². The molecule has 1 fully saturated rings. The van der Waals surface area contributed by atoms with E-state index < -0.39 is 0 Å². The van der Waals surface area contributed by atoms with E-state index in [4.69, 9.17) is 11.6 Å². The summed E-state index contributed by atoms with van der Waals surface area (Å²) in [6.45, 7) is 5.12. The van der Waals surface area contributed by atoms with Crippen LogP contribution in [0.15, 0.2) is 16.9 Å². The molecule has 3 rings (SSSR count). The molecule has 0 unspecified atom stereocenters. The van der Waals surface area contributed by atoms with Crippen LogP contribution in [0, 0.1) is 0 Å². The second-order valence-electron chi connectivity index (χ2n) is 5.29. The largest absolute Gasteiger partial charge is 0.346 e. The zero-order chi connectivity index (χ0) is 14.8. The SMILES string of the molecule is CCn1c([C@@H]2CCCNC2)nn(Cc2ccc(Cl)s2)c1=O. The molecule has 0 bridgehead atoms. The second kappa shape index (κ2) is 6.34. The summed E-state index contributed by atoms with van der Waals surface area (Å²) in [5.74, 6) is 1.25. The van der Waals surface area contributed by atoms with Gasteiger partial charge in [-0.2, -0.15) is 5.10 Å². The average Bonchev–Trinajstić information content (AvgIpc) is 3.04. The van der Waals surface area contributed by atoms with Crippen LogP contribution in [0.5, 0.6) is 0 Å². The van der Waals surface area contributed by atoms with Crippen molar-refractivity contribution in [3.05, 3.63) is 37.7 Å². The topological polar surface area (TPSA) is 51.9 Å². The van der Waals surface area contributed by atoms with Gasteiger partial charge in [0.15, 0.2) is 0 Å². The molecule has 1 atom stereocenters. The van der Waals surface area contributed by atoms with Crippen LogP contribution in [0.2, 0.25) is 4.34 Å². The van der Waals surface area contributed by atoms with Crippen molar-refractivity contribution >= 4 is 22.9 Å². The first kappa shape index (κ1) is 14.8. The lowest BCUT2D eigenvalue weighted by Gasteiger charge is -2.21. The quantitative estimate of drug-likeness (QED) is 0.938. The fraction of sp³-hybridized carbons (Fsp3) is 0.571. The number of nitrogens with one attached hydrogen (secondary N) is 1. The van der Waals surface area contributed by atoms with E-state index >= 15 is 0 Å². The lowest BCUT2D eigenvalue weighted by molar-refractivity contribution is 0.431. The van der Waals surface area contributed by atoms with E-state index in [1.807, 2.05) is 19.1 Å². The molecule has 0 spiro atoms. The minimum absolute atomic E-state index is 0.0254. The van der Waals surface area contributed by atoms with E-state index in [0.717, 1.165) is 41.0 Å². The Balaban J connectivity index is 1.90. The highest BCUT2D eigenvalue weighted by atomic mass is 35.5. The normalized spacial score (nSPS) is 19.0. The molecule has 2 aromatic rings. The Labute approximate surface area is 132 Å². The first-order valence-electron chi connectivity index (χ1n) is 7.31. The number of halogens is 1. The van der Waals surface area contributed by atoms with Crippen LogP contribution in [0.1, 0.15) is 36.4 Å². The van der Waals surface area contributed by atoms with Crippen molar-refractivity contribution in [1.29, 1.82) is 0 Å². The summed E-state index contributed by atoms with van der Waals surface area (Å²) in [5.41, 5.74) is -0.0254. The van der Waals surface area contributed by atoms with E-state index in [9.17, 15) is 4.79 Å². The van der Waals surface area contributed by atoms with Gasteiger partial charge in [0.1, 0.15) is 5.82 Å². The molecule has 1 N–H and O–H groups in total. The summed E-state index contributed by atoms with van der Waals surface area (Å²) in [7, 11) is 0. The third-order valence-electron chi connectivity index (χ3n) is 3.86. The van der Waals surface area contributed by atoms with Gasteiger partial charge in [-0.3, -0.25) is 4.57 Å². The number of rotatable bonds is 4. The maximum absolute atomic E-state index is 12.5. The van der Waals surface area contributed by atoms with Gasteiger partial charge >= 0.3 is 5.69 Å². The molecule has 21 heavy (non-hydrogen) atoms. The maximum Gasteiger partial charge on any atom is 0.346 e. The summed E-state index contributed by atoms with van der Waals surface area (Å²) < 4.78 is 4.10. The van der Waals surface area contributed by atoms with Crippen molar-refractivity contribution in [1.82, 2.24) is 19.7 Å². The van der Waals surface area contributed by atoms with Crippen molar-refractivity contribution < 1.29 is 0 Å². The Morgan fingerprint density at radius 1 is 1.52 bits per heavy atom. The van der Waals surface area contributed by atoms with E-state index in [1.54, 1.807) is 9.25 Å². The van der Waals surface area contributed by atoms with Crippen molar-refractivity contribution in [2.75, 3.05) is 13.1 Å². The van der Waals surface area contributed by atoms with Crippen molar-refractivity contribution in [2.45, 2.75) is 38.8 Å². The number of piperidine rings is 1. The van der Waals surface area contributed by atoms with Crippen LogP contribution in [0.25, 0.3) is 0 Å². The van der Waals surface area contributed by atoms with Gasteiger partial charge in [-0.25, -0.2) is 9.48 Å². The van der Waals surface area contributed by atoms with Gasteiger partial charge in [-0.1, -0.05) is 11.6 Å². The highest BCUT2D eigenvalue weighted by Gasteiger charge is 2.23. The van der Waals surface area contributed by atoms with Gasteiger partial charge in [-0.15, -0.1) is 11.3 Å². The third-order valence-corrected chi connectivity index (χ3v) is 5.08. The number of hydrogen-bond acceptors (Lipinski definition) is 4. The van der Waals surface area contributed by atoms with Gasteiger partial charge in [0.2, 0.25) is 0 Å². The molecule has 7 heteroatoms. The fourth-order valence-electron chi connectivity index (χ4n) is 2.82. The molecule has 1 saturated heterocycles. The molecule has 0 saturated carbocycles. The van der Waals surface area contributed by atoms with Crippen LogP contribution in [-0.2, 0) is 13.1 Å². The van der Waals surface area contributed by atoms with Gasteiger partial charge in [-0.05, 0) is 38.4 Å². The Hall–Kier alpha value is -1.11. The maximum atomic E-state index is 12.5. The van der Waals surface area contributed by atoms with Crippen LogP contribution in [0.4, 0.5) is 0 Å². The number of nitrogens with zero attached hydrogens (tertiary/aromatic N) is 3. The Morgan fingerprint density at radius 2 is 2.38 bits per heavy atom. The molecule has 3 heterocycles. The van der Waals surface area contributed by atoms with E-state index in [2.05, 4.69) is 10.4 Å². The standard InChI is InChI=1S/C14H19ClN4OS/c1-2-18-13(10-4-3-7-16-8-10)17-19(14(18)20)9-11-5-6-12(15)21-11/h5-6,10,16H,2-4,7-9H2,1H3/t10-/m1/s1. The zero-order valence-electron chi connectivity index (χ0n) is 12.0. The van der Waals surface area contributed by atoms with Crippen LogP contribution >= 0.6 is 22.9 Å². The zero-order valence-corrected chi connectivity index (χ0v) is 13.6. The highest BCUT2D eigenvalue weighted by Crippen LogP contribution is 2.23. The molecule has 114 valence electrons. The van der Waals surface area contributed by atoms with Crippen LogP contribution in [0.3, 0.4) is 0 Å². The Kier molecular flexibility index (Phi) is 4.47. The molecule has 0 radical (unpaired) electrons. The summed E-state index contributed by atoms with van der Waals surface area (Å²) in [6.07, 6.45) is 2.23. The average molecular weight is 327 g/mol. The van der Waals surface area contributed by atoms with Gasteiger partial charge < -0.3 is 5.32 Å². The summed E-state index contributed by atoms with van der Waals surface area (Å²) in [6, 6.07) is 3.81. The first-order chi connectivity index (χ1) is 10.2. The summed E-state index contributed by atoms with van der Waals surface area (Å²) >= 11 is 7.44. The monoisotopic (exact) mass is 326 g/mol. The molecular formula is C14H19ClN4OS. The van der Waals surface area contributed by atoms with Gasteiger partial charge in [0.25, 0.3) is 0 Å². The molecule has 0 aliphatic carbocycles. The van der Waals surface area contributed by atoms with Gasteiger partial charge in [0, 0.05) is 23.9 Å². The molecule has 0 aromatic carbocycles. The lowest BCUT2D eigenvalue weighted by Crippen LogP contribution is -2.31. The minimum Gasteiger partial charge on any atom is -0.316 e. The van der Waals surface area contributed by atoms with Crippen molar-refractivity contribution in [2.24, 2.45) is 0 Å². The Morgan fingerprint density at radius 3 is 3.00 bits per heavy atom. The predicted molar refractivity (Wildman–Crippen MR) is 85.4 cm³/mol. The first-order valence-corrected chi connectivity index (χ1v) is 8.51. The van der Waals surface area contributed by atoms with E-state index in [0.29, 0.717) is 19.0 Å². The lowest BCUT2D eigenvalue weighted by atomic mass is 9.99. The predicted octanol–water partition coefficient (Wildman–Crippen LogP) is 2.29. The van der Waals surface area contributed by atoms with Crippen molar-refractivity contribution in [3.8, 4) is 0 Å². The molecule has 1 aliphatic heterocycles. The van der Waals surface area contributed by atoms with Crippen LogP contribution in [-0.4, -0.2) is 27.4 Å². The van der Waals surface area contributed by atoms with Gasteiger partial charge in [0.05, 0.1) is 10.9 Å². The molecule has 0 amide bonds. The molecule has 5 nitrogen and oxygen atoms in total. The summed E-state index contributed by atoms with van der Waals surface area (Å²) in [4.78, 5) is 13.5. The fourth-order valence-corrected chi connectivity index (χ4v) is 3.89.